The molecule has 6 nitrogen and oxygen atoms in total. The Labute approximate surface area is 131 Å². The Balaban J connectivity index is 0.000000224. The highest BCUT2D eigenvalue weighted by Gasteiger charge is 2.32. The van der Waals surface area contributed by atoms with Gasteiger partial charge in [-0.25, -0.2) is 0 Å². The maximum Gasteiger partial charge on any atom is 0.303 e. The van der Waals surface area contributed by atoms with Crippen molar-refractivity contribution in [1.82, 2.24) is 0 Å². The zero-order valence-electron chi connectivity index (χ0n) is 12.4. The molecule has 0 radical (unpaired) electrons. The number of carboxylic acids is 1. The molecule has 1 aromatic rings. The summed E-state index contributed by atoms with van der Waals surface area (Å²) in [6.45, 7) is 0.527. The third kappa shape index (κ3) is 6.13. The molecule has 0 aliphatic heterocycles. The van der Waals surface area contributed by atoms with Crippen LogP contribution in [0.4, 0.5) is 0 Å². The monoisotopic (exact) mass is 329 g/mol. The lowest BCUT2D eigenvalue weighted by molar-refractivity contribution is -0.140. The number of carbonyl (C=O) groups is 1. The summed E-state index contributed by atoms with van der Waals surface area (Å²) in [5.41, 5.74) is 5.54. The summed E-state index contributed by atoms with van der Waals surface area (Å²) >= 11 is 0. The van der Waals surface area contributed by atoms with Gasteiger partial charge in [-0.05, 0) is 36.9 Å². The predicted molar refractivity (Wildman–Crippen MR) is 83.1 cm³/mol. The summed E-state index contributed by atoms with van der Waals surface area (Å²) in [6, 6.07) is 7.42. The van der Waals surface area contributed by atoms with Crippen molar-refractivity contribution >= 4 is 16.1 Å². The molecule has 124 valence electrons. The minimum Gasteiger partial charge on any atom is -0.481 e. The van der Waals surface area contributed by atoms with Gasteiger partial charge in [0.05, 0.1) is 11.3 Å². The van der Waals surface area contributed by atoms with Gasteiger partial charge in [0.15, 0.2) is 0 Å². The molecule has 22 heavy (non-hydrogen) atoms. The number of hydrogen-bond acceptors (Lipinski definition) is 4. The number of carboxylic acid groups (broad SMARTS) is 1. The molecular weight excluding hydrogens is 306 g/mol. The Hall–Kier alpha value is -1.44. The van der Waals surface area contributed by atoms with Crippen molar-refractivity contribution < 1.29 is 22.9 Å². The molecule has 1 aliphatic rings. The maximum atomic E-state index is 10.6. The largest absolute Gasteiger partial charge is 0.481 e. The molecule has 0 atom stereocenters. The van der Waals surface area contributed by atoms with Crippen LogP contribution in [0, 0.1) is 5.41 Å². The first-order valence-corrected chi connectivity index (χ1v) is 8.67. The number of rotatable bonds is 4. The van der Waals surface area contributed by atoms with Crippen molar-refractivity contribution in [1.29, 1.82) is 0 Å². The first-order chi connectivity index (χ1) is 10.3. The van der Waals surface area contributed by atoms with E-state index < -0.39 is 16.1 Å². The molecule has 4 N–H and O–H groups in total. The molecule has 1 fully saturated rings. The summed E-state index contributed by atoms with van der Waals surface area (Å²) in [5.74, 6) is -0.706. The van der Waals surface area contributed by atoms with Gasteiger partial charge in [-0.15, -0.1) is 0 Å². The van der Waals surface area contributed by atoms with E-state index in [1.165, 1.54) is 18.6 Å². The van der Waals surface area contributed by atoms with Crippen LogP contribution in [-0.4, -0.2) is 30.6 Å². The van der Waals surface area contributed by atoms with Crippen LogP contribution in [0.15, 0.2) is 35.2 Å². The van der Waals surface area contributed by atoms with E-state index in [1.807, 2.05) is 0 Å². The van der Waals surface area contributed by atoms with Gasteiger partial charge in [0, 0.05) is 0 Å². The van der Waals surface area contributed by atoms with Crippen molar-refractivity contribution in [3.8, 4) is 0 Å². The van der Waals surface area contributed by atoms with Crippen molar-refractivity contribution in [3.63, 3.8) is 0 Å². The van der Waals surface area contributed by atoms with E-state index >= 15 is 0 Å². The van der Waals surface area contributed by atoms with Crippen molar-refractivity contribution in [2.24, 2.45) is 11.1 Å². The highest BCUT2D eigenvalue weighted by Crippen LogP contribution is 2.38. The Kier molecular flexibility index (Phi) is 6.99. The summed E-state index contributed by atoms with van der Waals surface area (Å²) in [5, 5.41) is 8.71. The molecule has 0 amide bonds. The summed E-state index contributed by atoms with van der Waals surface area (Å²) in [6.07, 6.45) is 5.77. The molecule has 0 heterocycles. The van der Waals surface area contributed by atoms with Gasteiger partial charge in [0.2, 0.25) is 0 Å². The minimum atomic E-state index is -4.00. The second-order valence-corrected chi connectivity index (χ2v) is 7.04. The van der Waals surface area contributed by atoms with Gasteiger partial charge in [0.1, 0.15) is 0 Å². The Morgan fingerprint density at radius 2 is 1.68 bits per heavy atom. The van der Waals surface area contributed by atoms with E-state index in [2.05, 4.69) is 0 Å². The first-order valence-electron chi connectivity index (χ1n) is 7.23. The Bertz CT molecular complexity index is 565. The van der Waals surface area contributed by atoms with Gasteiger partial charge in [-0.3, -0.25) is 9.35 Å². The predicted octanol–water partition coefficient (Wildman–Crippen LogP) is 2.30. The Morgan fingerprint density at radius 3 is 2.05 bits per heavy atom. The molecule has 0 aromatic heterocycles. The molecule has 0 saturated heterocycles. The van der Waals surface area contributed by atoms with Gasteiger partial charge in [0.25, 0.3) is 10.1 Å². The molecule has 1 aromatic carbocycles. The van der Waals surface area contributed by atoms with Crippen LogP contribution in [0.3, 0.4) is 0 Å². The van der Waals surface area contributed by atoms with Crippen molar-refractivity contribution in [2.45, 2.75) is 43.4 Å². The Morgan fingerprint density at radius 1 is 1.14 bits per heavy atom. The van der Waals surface area contributed by atoms with Crippen LogP contribution in [0.25, 0.3) is 0 Å². The zero-order valence-corrected chi connectivity index (χ0v) is 13.3. The molecule has 0 bridgehead atoms. The average molecular weight is 329 g/mol. The average Bonchev–Trinajstić information content (AvgIpc) is 2.48. The maximum absolute atomic E-state index is 10.6. The van der Waals surface area contributed by atoms with E-state index in [9.17, 15) is 13.2 Å². The fraction of sp³-hybridized carbons (Fsp3) is 0.533. The number of nitrogens with two attached hydrogens (primary N) is 1. The second kappa shape index (κ2) is 8.26. The van der Waals surface area contributed by atoms with Crippen LogP contribution in [0.5, 0.6) is 0 Å². The summed E-state index contributed by atoms with van der Waals surface area (Å²) < 4.78 is 29.2. The van der Waals surface area contributed by atoms with E-state index in [0.717, 1.165) is 25.7 Å². The topological polar surface area (TPSA) is 118 Å². The van der Waals surface area contributed by atoms with Crippen molar-refractivity contribution in [3.05, 3.63) is 30.3 Å². The molecule has 1 aliphatic carbocycles. The third-order valence-electron chi connectivity index (χ3n) is 3.91. The van der Waals surface area contributed by atoms with E-state index in [0.29, 0.717) is 6.54 Å². The smallest absolute Gasteiger partial charge is 0.303 e. The lowest BCUT2D eigenvalue weighted by atomic mass is 9.72. The van der Waals surface area contributed by atoms with E-state index in [1.54, 1.807) is 18.2 Å². The standard InChI is InChI=1S/C9H17NO2.C6H6O3S/c10-7-9(6-8(11)12)4-2-1-3-5-9;7-10(8,9)6-4-2-1-3-5-6/h1-7,10H2,(H,11,12);1-5H,(H,7,8,9). The van der Waals surface area contributed by atoms with Crippen LogP contribution >= 0.6 is 0 Å². The molecular formula is C15H23NO5S. The van der Waals surface area contributed by atoms with Crippen LogP contribution < -0.4 is 5.73 Å². The number of aliphatic carboxylic acids is 1. The SMILES string of the molecule is NCC1(CC(=O)O)CCCCC1.O=S(=O)(O)c1ccccc1. The molecule has 7 heteroatoms. The highest BCUT2D eigenvalue weighted by atomic mass is 32.2. The molecule has 2 rings (SSSR count). The van der Waals surface area contributed by atoms with Crippen LogP contribution in [0.1, 0.15) is 38.5 Å². The fourth-order valence-electron chi connectivity index (χ4n) is 2.67. The lowest BCUT2D eigenvalue weighted by Gasteiger charge is -2.34. The highest BCUT2D eigenvalue weighted by molar-refractivity contribution is 7.85. The molecule has 1 saturated carbocycles. The third-order valence-corrected chi connectivity index (χ3v) is 4.78. The zero-order chi connectivity index (χ0) is 16.6. The van der Waals surface area contributed by atoms with Gasteiger partial charge >= 0.3 is 5.97 Å². The summed E-state index contributed by atoms with van der Waals surface area (Å²) in [4.78, 5) is 10.5. The lowest BCUT2D eigenvalue weighted by Crippen LogP contribution is -2.34. The fourth-order valence-corrected chi connectivity index (χ4v) is 3.17. The molecule has 0 unspecified atom stereocenters. The summed E-state index contributed by atoms with van der Waals surface area (Å²) in [7, 11) is -4.00. The van der Waals surface area contributed by atoms with Gasteiger partial charge in [-0.1, -0.05) is 37.5 Å². The first kappa shape index (κ1) is 18.6. The minimum absolute atomic E-state index is 0.0741. The quantitative estimate of drug-likeness (QED) is 0.730. The van der Waals surface area contributed by atoms with Crippen LogP contribution in [0.2, 0.25) is 0 Å². The van der Waals surface area contributed by atoms with E-state index in [-0.39, 0.29) is 16.7 Å². The van der Waals surface area contributed by atoms with Crippen LogP contribution in [-0.2, 0) is 14.9 Å². The number of benzene rings is 1. The normalized spacial score (nSPS) is 17.2. The van der Waals surface area contributed by atoms with Gasteiger partial charge < -0.3 is 10.8 Å². The van der Waals surface area contributed by atoms with E-state index in [4.69, 9.17) is 15.4 Å². The molecule has 0 spiro atoms. The van der Waals surface area contributed by atoms with Crippen molar-refractivity contribution in [2.75, 3.05) is 6.54 Å². The van der Waals surface area contributed by atoms with Gasteiger partial charge in [-0.2, -0.15) is 8.42 Å². The number of hydrogen-bond donors (Lipinski definition) is 3. The second-order valence-electron chi connectivity index (χ2n) is 5.62.